The van der Waals surface area contributed by atoms with Crippen LogP contribution in [0.15, 0.2) is 24.7 Å². The van der Waals surface area contributed by atoms with E-state index in [1.54, 1.807) is 12.2 Å². The predicted octanol–water partition coefficient (Wildman–Crippen LogP) is 4.85. The van der Waals surface area contributed by atoms with E-state index in [4.69, 9.17) is 9.16 Å². The summed E-state index contributed by atoms with van der Waals surface area (Å²) in [7, 11) is -1.85. The maximum Gasteiger partial charge on any atom is 0.265 e. The molecule has 0 aliphatic carbocycles. The van der Waals surface area contributed by atoms with E-state index in [-0.39, 0.29) is 10.6 Å². The molecule has 0 aromatic heterocycles. The highest BCUT2D eigenvalue weighted by molar-refractivity contribution is 6.74. The third kappa shape index (κ3) is 5.96. The Morgan fingerprint density at radius 2 is 1.53 bits per heavy atom. The fourth-order valence-electron chi connectivity index (χ4n) is 0.891. The van der Waals surface area contributed by atoms with Gasteiger partial charge in [0.1, 0.15) is 5.60 Å². The summed E-state index contributed by atoms with van der Waals surface area (Å²) in [4.78, 5) is 0. The molecule has 0 bridgehead atoms. The minimum Gasteiger partial charge on any atom is -0.519 e. The number of hydrogen-bond donors (Lipinski definition) is 0. The first-order chi connectivity index (χ1) is 7.39. The van der Waals surface area contributed by atoms with Gasteiger partial charge in [-0.2, -0.15) is 0 Å². The van der Waals surface area contributed by atoms with Crippen molar-refractivity contribution in [1.29, 1.82) is 0 Å². The molecule has 100 valence electrons. The lowest BCUT2D eigenvalue weighted by Crippen LogP contribution is -2.41. The fourth-order valence-corrected chi connectivity index (χ4v) is 1.81. The quantitative estimate of drug-likeness (QED) is 0.406. The lowest BCUT2D eigenvalue weighted by Gasteiger charge is -2.38. The normalized spacial score (nSPS) is 14.5. The Hall–Kier alpha value is -0.703. The van der Waals surface area contributed by atoms with Crippen molar-refractivity contribution in [3.8, 4) is 0 Å². The molecule has 0 aromatic carbocycles. The van der Waals surface area contributed by atoms with Crippen molar-refractivity contribution in [1.82, 2.24) is 0 Å². The van der Waals surface area contributed by atoms with Crippen molar-refractivity contribution in [2.45, 2.75) is 65.3 Å². The maximum atomic E-state index is 6.13. The van der Waals surface area contributed by atoms with Crippen LogP contribution in [0, 0.1) is 0 Å². The molecule has 0 amide bonds. The molecule has 0 spiro atoms. The predicted molar refractivity (Wildman–Crippen MR) is 77.4 cm³/mol. The van der Waals surface area contributed by atoms with E-state index in [9.17, 15) is 0 Å². The molecule has 0 unspecified atom stereocenters. The summed E-state index contributed by atoms with van der Waals surface area (Å²) in [6.07, 6.45) is 3.50. The van der Waals surface area contributed by atoms with Gasteiger partial charge < -0.3 is 9.16 Å². The van der Waals surface area contributed by atoms with Gasteiger partial charge in [-0.1, -0.05) is 33.4 Å². The van der Waals surface area contributed by atoms with Crippen molar-refractivity contribution >= 4 is 8.32 Å². The van der Waals surface area contributed by atoms with E-state index in [0.717, 1.165) is 0 Å². The van der Waals surface area contributed by atoms with Crippen LogP contribution in [0.3, 0.4) is 0 Å². The van der Waals surface area contributed by atoms with Crippen LogP contribution in [0.25, 0.3) is 0 Å². The molecule has 0 saturated heterocycles. The van der Waals surface area contributed by atoms with Gasteiger partial charge in [0.25, 0.3) is 14.3 Å². The highest BCUT2D eigenvalue weighted by Gasteiger charge is 2.40. The van der Waals surface area contributed by atoms with Crippen LogP contribution >= 0.6 is 0 Å². The van der Waals surface area contributed by atoms with Crippen molar-refractivity contribution < 1.29 is 9.16 Å². The SMILES string of the molecule is C=C/C=C(/OC(C)(C)C)O[Si](C)(C)C(C)(C)C. The third-order valence-electron chi connectivity index (χ3n) is 2.82. The first-order valence-corrected chi connectivity index (χ1v) is 9.01. The van der Waals surface area contributed by atoms with Gasteiger partial charge in [-0.25, -0.2) is 0 Å². The summed E-state index contributed by atoms with van der Waals surface area (Å²) in [5, 5.41) is 0.161. The van der Waals surface area contributed by atoms with Crippen LogP contribution in [0.4, 0.5) is 0 Å². The average Bonchev–Trinajstić information content (AvgIpc) is 1.97. The van der Waals surface area contributed by atoms with Gasteiger partial charge in [-0.05, 0) is 38.9 Å². The zero-order chi connectivity index (χ0) is 13.9. The molecule has 0 saturated carbocycles. The van der Waals surface area contributed by atoms with E-state index < -0.39 is 8.32 Å². The number of ether oxygens (including phenoxy) is 1. The molecular weight excluding hydrogens is 228 g/mol. The fraction of sp³-hybridized carbons (Fsp3) is 0.714. The summed E-state index contributed by atoms with van der Waals surface area (Å²) in [5.74, 6) is 0.582. The molecule has 0 aliphatic rings. The van der Waals surface area contributed by atoms with Crippen molar-refractivity contribution in [2.75, 3.05) is 0 Å². The lowest BCUT2D eigenvalue weighted by molar-refractivity contribution is -0.00996. The van der Waals surface area contributed by atoms with Crippen LogP contribution in [-0.4, -0.2) is 13.9 Å². The largest absolute Gasteiger partial charge is 0.519 e. The molecule has 0 radical (unpaired) electrons. The Labute approximate surface area is 108 Å². The number of allylic oxidation sites excluding steroid dienone is 2. The van der Waals surface area contributed by atoms with Crippen molar-refractivity contribution in [2.24, 2.45) is 0 Å². The molecule has 0 aliphatic heterocycles. The van der Waals surface area contributed by atoms with Crippen LogP contribution in [-0.2, 0) is 9.16 Å². The van der Waals surface area contributed by atoms with E-state index in [1.807, 2.05) is 20.8 Å². The van der Waals surface area contributed by atoms with Crippen LogP contribution in [0.2, 0.25) is 18.1 Å². The van der Waals surface area contributed by atoms with Gasteiger partial charge in [0, 0.05) is 6.08 Å². The van der Waals surface area contributed by atoms with E-state index in [0.29, 0.717) is 5.95 Å². The summed E-state index contributed by atoms with van der Waals surface area (Å²) in [6, 6.07) is 0. The van der Waals surface area contributed by atoms with Gasteiger partial charge in [0.2, 0.25) is 0 Å². The minimum absolute atomic E-state index is 0.161. The second kappa shape index (κ2) is 5.30. The molecule has 0 fully saturated rings. The van der Waals surface area contributed by atoms with Crippen LogP contribution < -0.4 is 0 Å². The third-order valence-corrected chi connectivity index (χ3v) is 7.15. The standard InChI is InChI=1S/C14H28O2Si/c1-10-11-12(15-13(2,3)4)16-17(8,9)14(5,6)7/h10-11H,1H2,2-9H3/b12-11-. The van der Waals surface area contributed by atoms with Gasteiger partial charge in [0.05, 0.1) is 0 Å². The Balaban J connectivity index is 4.92. The number of hydrogen-bond acceptors (Lipinski definition) is 2. The van der Waals surface area contributed by atoms with Gasteiger partial charge in [0.15, 0.2) is 0 Å². The van der Waals surface area contributed by atoms with E-state index in [1.165, 1.54) is 0 Å². The topological polar surface area (TPSA) is 18.5 Å². The Bertz CT molecular complexity index is 290. The molecular formula is C14H28O2Si. The molecule has 0 heterocycles. The Morgan fingerprint density at radius 1 is 1.06 bits per heavy atom. The van der Waals surface area contributed by atoms with Crippen LogP contribution in [0.1, 0.15) is 41.5 Å². The van der Waals surface area contributed by atoms with Gasteiger partial charge >= 0.3 is 0 Å². The highest BCUT2D eigenvalue weighted by atomic mass is 28.4. The average molecular weight is 256 g/mol. The van der Waals surface area contributed by atoms with Gasteiger partial charge in [-0.3, -0.25) is 0 Å². The van der Waals surface area contributed by atoms with E-state index in [2.05, 4.69) is 40.4 Å². The summed E-state index contributed by atoms with van der Waals surface area (Å²) in [6.45, 7) is 20.8. The second-order valence-electron chi connectivity index (χ2n) is 6.80. The molecule has 0 rings (SSSR count). The zero-order valence-corrected chi connectivity index (χ0v) is 13.7. The lowest BCUT2D eigenvalue weighted by atomic mass is 10.2. The highest BCUT2D eigenvalue weighted by Crippen LogP contribution is 2.38. The molecule has 2 nitrogen and oxygen atoms in total. The molecule has 3 heteroatoms. The molecule has 17 heavy (non-hydrogen) atoms. The van der Waals surface area contributed by atoms with Gasteiger partial charge in [-0.15, -0.1) is 0 Å². The summed E-state index contributed by atoms with van der Waals surface area (Å²) in [5.41, 5.74) is -0.253. The Kier molecular flexibility index (Phi) is 5.08. The smallest absolute Gasteiger partial charge is 0.265 e. The van der Waals surface area contributed by atoms with Crippen molar-refractivity contribution in [3.63, 3.8) is 0 Å². The Morgan fingerprint density at radius 3 is 1.82 bits per heavy atom. The monoisotopic (exact) mass is 256 g/mol. The number of rotatable bonds is 4. The summed E-state index contributed by atoms with van der Waals surface area (Å²) < 4.78 is 11.9. The first kappa shape index (κ1) is 16.3. The second-order valence-corrected chi connectivity index (χ2v) is 11.5. The van der Waals surface area contributed by atoms with E-state index >= 15 is 0 Å². The minimum atomic E-state index is -1.85. The first-order valence-electron chi connectivity index (χ1n) is 6.10. The molecule has 0 atom stereocenters. The van der Waals surface area contributed by atoms with Crippen LogP contribution in [0.5, 0.6) is 0 Å². The summed E-state index contributed by atoms with van der Waals surface area (Å²) >= 11 is 0. The van der Waals surface area contributed by atoms with Crippen molar-refractivity contribution in [3.05, 3.63) is 24.7 Å². The maximum absolute atomic E-state index is 6.13. The molecule has 0 aromatic rings. The molecule has 0 N–H and O–H groups in total. The zero-order valence-electron chi connectivity index (χ0n) is 12.7.